The van der Waals surface area contributed by atoms with Crippen molar-refractivity contribution < 1.29 is 33.6 Å². The van der Waals surface area contributed by atoms with E-state index in [1.165, 1.54) is 23.5 Å². The summed E-state index contributed by atoms with van der Waals surface area (Å²) in [6.07, 6.45) is 10.6. The molecule has 4 heterocycles. The highest BCUT2D eigenvalue weighted by molar-refractivity contribution is 6.38. The van der Waals surface area contributed by atoms with Gasteiger partial charge in [-0.1, -0.05) is 83.7 Å². The molecule has 4 aliphatic rings. The highest BCUT2D eigenvalue weighted by atomic mass is 16.2. The van der Waals surface area contributed by atoms with Crippen molar-refractivity contribution in [1.29, 1.82) is 0 Å². The molecule has 61 heavy (non-hydrogen) atoms. The van der Waals surface area contributed by atoms with Crippen molar-refractivity contribution in [2.24, 2.45) is 11.3 Å². The quantitative estimate of drug-likeness (QED) is 0.193. The molecular formula is C45H63N9O7. The van der Waals surface area contributed by atoms with Crippen molar-refractivity contribution in [3.63, 3.8) is 0 Å². The van der Waals surface area contributed by atoms with E-state index in [-0.39, 0.29) is 42.9 Å². The number of rotatable bonds is 15. The van der Waals surface area contributed by atoms with Crippen LogP contribution in [-0.2, 0) is 28.8 Å². The van der Waals surface area contributed by atoms with Crippen LogP contribution in [0.5, 0.6) is 0 Å². The molecule has 3 aliphatic heterocycles. The Morgan fingerprint density at radius 2 is 1.62 bits per heavy atom. The van der Waals surface area contributed by atoms with Crippen LogP contribution in [0, 0.1) is 11.3 Å². The maximum absolute atomic E-state index is 15.3. The van der Waals surface area contributed by atoms with Crippen LogP contribution in [0.4, 0.5) is 0 Å². The predicted molar refractivity (Wildman–Crippen MR) is 226 cm³/mol. The largest absolute Gasteiger partial charge is 0.344 e. The highest BCUT2D eigenvalue weighted by Crippen LogP contribution is 2.46. The molecule has 1 spiro atoms. The molecule has 4 N–H and O–H groups in total. The maximum atomic E-state index is 15.3. The minimum Gasteiger partial charge on any atom is -0.344 e. The van der Waals surface area contributed by atoms with Gasteiger partial charge in [-0.2, -0.15) is 0 Å². The molecule has 6 amide bonds. The zero-order valence-corrected chi connectivity index (χ0v) is 36.4. The summed E-state index contributed by atoms with van der Waals surface area (Å²) >= 11 is 0. The van der Waals surface area contributed by atoms with E-state index in [9.17, 15) is 28.8 Å². The van der Waals surface area contributed by atoms with Gasteiger partial charge >= 0.3 is 0 Å². The van der Waals surface area contributed by atoms with Crippen LogP contribution >= 0.6 is 0 Å². The number of carbonyl (C=O) groups is 7. The number of likely N-dealkylation sites (N-methyl/N-ethyl adjacent to an activating group) is 1. The van der Waals surface area contributed by atoms with Gasteiger partial charge < -0.3 is 31.1 Å². The Morgan fingerprint density at radius 3 is 2.26 bits per heavy atom. The number of aromatic nitrogens is 2. The van der Waals surface area contributed by atoms with E-state index >= 15 is 4.79 Å². The second kappa shape index (κ2) is 19.2. The monoisotopic (exact) mass is 841 g/mol. The lowest BCUT2D eigenvalue weighted by Gasteiger charge is -2.40. The number of nitrogens with one attached hydrogen (secondary N) is 4. The van der Waals surface area contributed by atoms with Gasteiger partial charge in [-0.15, -0.1) is 0 Å². The molecule has 3 unspecified atom stereocenters. The summed E-state index contributed by atoms with van der Waals surface area (Å²) in [6.45, 7) is 11.9. The molecule has 2 aromatic rings. The van der Waals surface area contributed by atoms with E-state index in [4.69, 9.17) is 0 Å². The molecule has 1 aliphatic carbocycles. The van der Waals surface area contributed by atoms with Crippen molar-refractivity contribution >= 4 is 41.2 Å². The summed E-state index contributed by atoms with van der Waals surface area (Å²) in [5.74, 6) is -4.10. The molecule has 4 fully saturated rings. The van der Waals surface area contributed by atoms with Crippen LogP contribution in [0.3, 0.4) is 0 Å². The topological polar surface area (TPSA) is 203 Å². The molecule has 330 valence electrons. The Balaban J connectivity index is 1.30. The second-order valence-electron chi connectivity index (χ2n) is 18.2. The van der Waals surface area contributed by atoms with Crippen LogP contribution in [0.1, 0.15) is 128 Å². The molecule has 0 radical (unpaired) electrons. The summed E-state index contributed by atoms with van der Waals surface area (Å²) in [6, 6.07) is 3.93. The third-order valence-electron chi connectivity index (χ3n) is 13.0. The Hall–Kier alpha value is -5.25. The summed E-state index contributed by atoms with van der Waals surface area (Å²) in [7, 11) is 0. The molecule has 7 atom stereocenters. The van der Waals surface area contributed by atoms with Crippen LogP contribution in [0.15, 0.2) is 48.9 Å². The normalized spacial score (nSPS) is 23.8. The molecule has 1 saturated carbocycles. The van der Waals surface area contributed by atoms with Gasteiger partial charge in [0, 0.05) is 31.9 Å². The Labute approximate surface area is 358 Å². The highest BCUT2D eigenvalue weighted by Gasteiger charge is 2.64. The first kappa shape index (κ1) is 45.3. The lowest BCUT2D eigenvalue weighted by atomic mass is 9.82. The first-order valence-corrected chi connectivity index (χ1v) is 22.1. The molecule has 3 saturated heterocycles. The number of nitrogens with zero attached hydrogens (tertiary/aromatic N) is 5. The molecule has 1 aromatic carbocycles. The molecule has 16 nitrogen and oxygen atoms in total. The Kier molecular flexibility index (Phi) is 14.3. The average Bonchev–Trinajstić information content (AvgIpc) is 3.96. The number of likely N-dealkylation sites (tertiary alicyclic amines) is 1. The standard InChI is InChI=1S/C45H63N9O7/c1-7-16-31(36(55)41(59)48-28(3)29-17-11-9-12-18-29)49-39(57)34-25-45(53(8-2)42(60)33-21-15-24-54(33)45)27-52(34)43(61)37(44(4,5)6)51-40(58)35(30-19-13-10-14-20-30)50-38(56)32-26-46-22-23-47-32/h9,11-12,17-18,22-23,26,28,30-31,33-35,37H,7-8,10,13-16,19-21,24-25,27H2,1-6H3,(H,48,59)(H,49,57)(H,50,56)(H,51,58)/t28-,31?,33?,34-,35-,37+,45?/m0/s1. The van der Waals surface area contributed by atoms with Crippen molar-refractivity contribution in [1.82, 2.24) is 45.9 Å². The second-order valence-corrected chi connectivity index (χ2v) is 18.2. The van der Waals surface area contributed by atoms with Crippen LogP contribution < -0.4 is 21.3 Å². The molecule has 1 aromatic heterocycles. The van der Waals surface area contributed by atoms with E-state index in [1.807, 2.05) is 65.0 Å². The average molecular weight is 842 g/mol. The fraction of sp³-hybridized carbons (Fsp3) is 0.622. The number of carbonyl (C=O) groups excluding carboxylic acids is 7. The van der Waals surface area contributed by atoms with Gasteiger partial charge in [-0.25, -0.2) is 4.98 Å². The van der Waals surface area contributed by atoms with Gasteiger partial charge in [0.2, 0.25) is 29.4 Å². The van der Waals surface area contributed by atoms with Crippen LogP contribution in [-0.4, -0.2) is 121 Å². The van der Waals surface area contributed by atoms with Crippen LogP contribution in [0.2, 0.25) is 0 Å². The number of amides is 6. The number of ketones is 1. The maximum Gasteiger partial charge on any atom is 0.290 e. The molecule has 16 heteroatoms. The van der Waals surface area contributed by atoms with E-state index < -0.39 is 76.6 Å². The first-order valence-electron chi connectivity index (χ1n) is 22.1. The van der Waals surface area contributed by atoms with Gasteiger partial charge in [0.25, 0.3) is 11.8 Å². The first-order chi connectivity index (χ1) is 29.1. The summed E-state index contributed by atoms with van der Waals surface area (Å²) < 4.78 is 0. The minimum absolute atomic E-state index is 0.000611. The van der Waals surface area contributed by atoms with Gasteiger partial charge in [-0.3, -0.25) is 43.4 Å². The number of Topliss-reactive ketones (excluding diaryl/α,β-unsaturated/α-hetero) is 1. The third-order valence-corrected chi connectivity index (χ3v) is 13.0. The SMILES string of the molecule is CCCC(NC(=O)[C@@H]1CC2(CN1C(=O)[C@@H](NC(=O)[C@@H](NC(=O)c1cnccn1)C1CCCCC1)C(C)(C)C)N(CC)C(=O)C1CCCN12)C(=O)C(=O)N[C@@H](C)c1ccccc1. The summed E-state index contributed by atoms with van der Waals surface area (Å²) in [5, 5.41) is 11.5. The van der Waals surface area contributed by atoms with E-state index in [0.717, 1.165) is 31.2 Å². The van der Waals surface area contributed by atoms with Gasteiger partial charge in [-0.05, 0) is 62.8 Å². The van der Waals surface area contributed by atoms with Crippen molar-refractivity contribution in [3.05, 3.63) is 60.2 Å². The van der Waals surface area contributed by atoms with E-state index in [2.05, 4.69) is 36.1 Å². The molecule has 6 rings (SSSR count). The number of benzene rings is 1. The lowest BCUT2D eigenvalue weighted by molar-refractivity contribution is -0.145. The van der Waals surface area contributed by atoms with E-state index in [0.29, 0.717) is 38.8 Å². The number of hydrogen-bond donors (Lipinski definition) is 4. The van der Waals surface area contributed by atoms with Gasteiger partial charge in [0.15, 0.2) is 0 Å². The lowest BCUT2D eigenvalue weighted by Crippen LogP contribution is -2.62. The summed E-state index contributed by atoms with van der Waals surface area (Å²) in [4.78, 5) is 112. The smallest absolute Gasteiger partial charge is 0.290 e. The van der Waals surface area contributed by atoms with Gasteiger partial charge in [0.1, 0.15) is 29.5 Å². The van der Waals surface area contributed by atoms with Crippen molar-refractivity contribution in [2.75, 3.05) is 19.6 Å². The zero-order valence-electron chi connectivity index (χ0n) is 36.4. The Morgan fingerprint density at radius 1 is 0.902 bits per heavy atom. The third kappa shape index (κ3) is 9.63. The number of hydrogen-bond acceptors (Lipinski definition) is 10. The summed E-state index contributed by atoms with van der Waals surface area (Å²) in [5.41, 5.74) is -1.00. The molecular weight excluding hydrogens is 779 g/mol. The predicted octanol–water partition coefficient (Wildman–Crippen LogP) is 3.04. The van der Waals surface area contributed by atoms with E-state index in [1.54, 1.807) is 11.8 Å². The minimum atomic E-state index is -1.17. The fourth-order valence-electron chi connectivity index (χ4n) is 9.87. The van der Waals surface area contributed by atoms with Crippen molar-refractivity contribution in [3.8, 4) is 0 Å². The fourth-order valence-corrected chi connectivity index (χ4v) is 9.87. The Bertz CT molecular complexity index is 1940. The zero-order chi connectivity index (χ0) is 44.1. The number of fused-ring (bicyclic) bond motifs is 2. The van der Waals surface area contributed by atoms with Crippen LogP contribution in [0.25, 0.3) is 0 Å². The van der Waals surface area contributed by atoms with Gasteiger partial charge in [0.05, 0.1) is 30.9 Å². The van der Waals surface area contributed by atoms with Crippen molar-refractivity contribution in [2.45, 2.75) is 148 Å². The molecule has 0 bridgehead atoms.